The lowest BCUT2D eigenvalue weighted by Gasteiger charge is -2.43. The first kappa shape index (κ1) is 29.0. The first-order valence-electron chi connectivity index (χ1n) is 12.6. The van der Waals surface area contributed by atoms with Crippen molar-refractivity contribution >= 4 is 29.8 Å². The van der Waals surface area contributed by atoms with Crippen LogP contribution in [0.4, 0.5) is 0 Å². The van der Waals surface area contributed by atoms with Gasteiger partial charge in [0.15, 0.2) is 30.6 Å². The van der Waals surface area contributed by atoms with Crippen LogP contribution in [-0.2, 0) is 33.3 Å². The fourth-order valence-corrected chi connectivity index (χ4v) is 4.16. The zero-order valence-corrected chi connectivity index (χ0v) is 22.1. The summed E-state index contributed by atoms with van der Waals surface area (Å²) in [7, 11) is 1.09. The zero-order valence-electron chi connectivity index (χ0n) is 22.1. The second-order valence-electron chi connectivity index (χ2n) is 8.91. The zero-order chi connectivity index (χ0) is 29.4. The SMILES string of the molecule is COC(=O)[C@H]1O[C@@H](NC(C)=O)[C@H](OC(=O)c2ccccc2)[C@@H](OC(=O)c2ccccc2)[C@@H]1OC(=O)c1ccccc1. The molecule has 41 heavy (non-hydrogen) atoms. The Kier molecular flexibility index (Phi) is 9.43. The monoisotopic (exact) mass is 561 g/mol. The summed E-state index contributed by atoms with van der Waals surface area (Å²) in [6.07, 6.45) is -8.01. The van der Waals surface area contributed by atoms with Gasteiger partial charge >= 0.3 is 23.9 Å². The number of hydrogen-bond acceptors (Lipinski definition) is 10. The number of benzene rings is 3. The largest absolute Gasteiger partial charge is 0.467 e. The number of nitrogens with one attached hydrogen (secondary N) is 1. The Morgan fingerprint density at radius 2 is 1.00 bits per heavy atom. The molecule has 0 aliphatic carbocycles. The van der Waals surface area contributed by atoms with Crippen molar-refractivity contribution in [2.24, 2.45) is 0 Å². The molecule has 11 nitrogen and oxygen atoms in total. The second-order valence-corrected chi connectivity index (χ2v) is 8.91. The van der Waals surface area contributed by atoms with Crippen LogP contribution in [0.2, 0.25) is 0 Å². The van der Waals surface area contributed by atoms with Gasteiger partial charge < -0.3 is 29.0 Å². The first-order chi connectivity index (χ1) is 19.8. The van der Waals surface area contributed by atoms with E-state index in [4.69, 9.17) is 23.7 Å². The summed E-state index contributed by atoms with van der Waals surface area (Å²) < 4.78 is 27.9. The van der Waals surface area contributed by atoms with Gasteiger partial charge in [0.25, 0.3) is 0 Å². The van der Waals surface area contributed by atoms with E-state index in [1.165, 1.54) is 43.3 Å². The van der Waals surface area contributed by atoms with Gasteiger partial charge in [0.1, 0.15) is 0 Å². The summed E-state index contributed by atoms with van der Waals surface area (Å²) in [4.78, 5) is 64.5. The van der Waals surface area contributed by atoms with Gasteiger partial charge in [-0.15, -0.1) is 0 Å². The molecule has 1 heterocycles. The molecule has 0 saturated carbocycles. The van der Waals surface area contributed by atoms with E-state index in [0.29, 0.717) is 0 Å². The maximum absolute atomic E-state index is 13.2. The minimum Gasteiger partial charge on any atom is -0.467 e. The average molecular weight is 562 g/mol. The molecule has 1 N–H and O–H groups in total. The Morgan fingerprint density at radius 1 is 0.610 bits per heavy atom. The fourth-order valence-electron chi connectivity index (χ4n) is 4.16. The van der Waals surface area contributed by atoms with Gasteiger partial charge in [0, 0.05) is 6.92 Å². The van der Waals surface area contributed by atoms with Crippen LogP contribution in [0.5, 0.6) is 0 Å². The van der Waals surface area contributed by atoms with Crippen molar-refractivity contribution in [3.05, 3.63) is 108 Å². The third kappa shape index (κ3) is 7.14. The topological polar surface area (TPSA) is 144 Å². The number of amides is 1. The lowest BCUT2D eigenvalue weighted by molar-refractivity contribution is -0.234. The molecule has 11 heteroatoms. The second kappa shape index (κ2) is 13.4. The van der Waals surface area contributed by atoms with Crippen LogP contribution in [0.3, 0.4) is 0 Å². The number of esters is 4. The number of ether oxygens (including phenoxy) is 5. The number of hydrogen-bond donors (Lipinski definition) is 1. The Bertz CT molecular complexity index is 1380. The van der Waals surface area contributed by atoms with Gasteiger partial charge in [-0.3, -0.25) is 4.79 Å². The Morgan fingerprint density at radius 3 is 1.39 bits per heavy atom. The maximum Gasteiger partial charge on any atom is 0.339 e. The number of carbonyl (C=O) groups is 5. The molecule has 3 aromatic rings. The summed E-state index contributed by atoms with van der Waals surface area (Å²) in [6, 6.07) is 23.7. The van der Waals surface area contributed by atoms with E-state index >= 15 is 0 Å². The quantitative estimate of drug-likeness (QED) is 0.322. The molecule has 0 spiro atoms. The van der Waals surface area contributed by atoms with Crippen LogP contribution in [0, 0.1) is 0 Å². The minimum atomic E-state index is -1.68. The molecule has 3 aromatic carbocycles. The Balaban J connectivity index is 1.78. The number of carbonyl (C=O) groups excluding carboxylic acids is 5. The Hall–Kier alpha value is -5.03. The van der Waals surface area contributed by atoms with Gasteiger partial charge in [0.05, 0.1) is 23.8 Å². The van der Waals surface area contributed by atoms with E-state index in [9.17, 15) is 24.0 Å². The van der Waals surface area contributed by atoms with Gasteiger partial charge in [-0.2, -0.15) is 0 Å². The molecule has 1 fully saturated rings. The summed E-state index contributed by atoms with van der Waals surface area (Å²) >= 11 is 0. The van der Waals surface area contributed by atoms with Crippen LogP contribution < -0.4 is 5.32 Å². The predicted octanol–water partition coefficient (Wildman–Crippen LogP) is 2.70. The maximum atomic E-state index is 13.2. The van der Waals surface area contributed by atoms with Crippen LogP contribution in [0.25, 0.3) is 0 Å². The van der Waals surface area contributed by atoms with Crippen molar-refractivity contribution < 1.29 is 47.7 Å². The molecular weight excluding hydrogens is 534 g/mol. The number of rotatable bonds is 8. The van der Waals surface area contributed by atoms with Crippen LogP contribution in [-0.4, -0.2) is 67.5 Å². The van der Waals surface area contributed by atoms with Crippen LogP contribution in [0.15, 0.2) is 91.0 Å². The van der Waals surface area contributed by atoms with Gasteiger partial charge in [-0.1, -0.05) is 54.6 Å². The Labute approximate surface area is 235 Å². The molecule has 4 rings (SSSR count). The lowest BCUT2D eigenvalue weighted by atomic mass is 9.96. The molecule has 0 unspecified atom stereocenters. The lowest BCUT2D eigenvalue weighted by Crippen LogP contribution is -2.67. The van der Waals surface area contributed by atoms with Crippen LogP contribution in [0.1, 0.15) is 38.0 Å². The van der Waals surface area contributed by atoms with Crippen molar-refractivity contribution in [2.45, 2.75) is 37.6 Å². The highest BCUT2D eigenvalue weighted by Gasteiger charge is 2.55. The van der Waals surface area contributed by atoms with Crippen LogP contribution >= 0.6 is 0 Å². The third-order valence-electron chi connectivity index (χ3n) is 6.07. The molecule has 1 aliphatic heterocycles. The summed E-state index contributed by atoms with van der Waals surface area (Å²) in [5.74, 6) is -4.18. The fraction of sp³-hybridized carbons (Fsp3) is 0.233. The van der Waals surface area contributed by atoms with Gasteiger partial charge in [0.2, 0.25) is 5.91 Å². The summed E-state index contributed by atoms with van der Waals surface area (Å²) in [5, 5.41) is 2.47. The van der Waals surface area contributed by atoms with E-state index in [2.05, 4.69) is 5.32 Å². The van der Waals surface area contributed by atoms with E-state index in [1.54, 1.807) is 54.6 Å². The van der Waals surface area contributed by atoms with Crippen molar-refractivity contribution in [1.82, 2.24) is 5.32 Å². The third-order valence-corrected chi connectivity index (χ3v) is 6.07. The molecule has 5 atom stereocenters. The van der Waals surface area contributed by atoms with E-state index in [1.807, 2.05) is 0 Å². The molecule has 1 aliphatic rings. The predicted molar refractivity (Wildman–Crippen MR) is 141 cm³/mol. The minimum absolute atomic E-state index is 0.131. The highest BCUT2D eigenvalue weighted by atomic mass is 16.7. The molecule has 0 aromatic heterocycles. The molecule has 0 radical (unpaired) electrons. The van der Waals surface area contributed by atoms with E-state index in [0.717, 1.165) is 7.11 Å². The van der Waals surface area contributed by atoms with E-state index < -0.39 is 60.4 Å². The highest BCUT2D eigenvalue weighted by Crippen LogP contribution is 2.30. The smallest absolute Gasteiger partial charge is 0.339 e. The summed E-state index contributed by atoms with van der Waals surface area (Å²) in [5.41, 5.74) is 0.409. The highest BCUT2D eigenvalue weighted by molar-refractivity contribution is 5.91. The molecule has 1 amide bonds. The van der Waals surface area contributed by atoms with E-state index in [-0.39, 0.29) is 16.7 Å². The van der Waals surface area contributed by atoms with Crippen molar-refractivity contribution in [2.75, 3.05) is 7.11 Å². The molecule has 1 saturated heterocycles. The standard InChI is InChI=1S/C30H27NO10/c1-18(32)31-26-24(41-29(35)21-16-10-5-11-17-21)22(39-27(33)19-12-6-3-7-13-19)23(25(38-26)30(36)37-2)40-28(34)20-14-8-4-9-15-20/h3-17,22-26H,1-2H3,(H,31,32)/t22-,23-,24+,25-,26+/m0/s1. The molecule has 0 bridgehead atoms. The number of methoxy groups -OCH3 is 1. The van der Waals surface area contributed by atoms with Crippen molar-refractivity contribution in [3.8, 4) is 0 Å². The normalized spacial score (nSPS) is 21.6. The molecule has 212 valence electrons. The first-order valence-corrected chi connectivity index (χ1v) is 12.6. The average Bonchev–Trinajstić information content (AvgIpc) is 3.00. The summed E-state index contributed by atoms with van der Waals surface area (Å²) in [6.45, 7) is 1.18. The van der Waals surface area contributed by atoms with Gasteiger partial charge in [-0.25, -0.2) is 19.2 Å². The van der Waals surface area contributed by atoms with Gasteiger partial charge in [-0.05, 0) is 36.4 Å². The van der Waals surface area contributed by atoms with Crippen molar-refractivity contribution in [1.29, 1.82) is 0 Å². The molecular formula is C30H27NO10. The van der Waals surface area contributed by atoms with Crippen molar-refractivity contribution in [3.63, 3.8) is 0 Å².